The van der Waals surface area contributed by atoms with Crippen molar-refractivity contribution in [2.75, 3.05) is 18.9 Å². The molecule has 1 atom stereocenters. The first-order valence-electron chi connectivity index (χ1n) is 7.11. The Morgan fingerprint density at radius 1 is 1.44 bits per heavy atom. The van der Waals surface area contributed by atoms with E-state index in [0.717, 1.165) is 28.8 Å². The van der Waals surface area contributed by atoms with Gasteiger partial charge in [0.25, 0.3) is 0 Å². The largest absolute Gasteiger partial charge is 0.416 e. The highest BCUT2D eigenvalue weighted by atomic mass is 32.1. The number of nitrogens with zero attached hydrogens (tertiary/aromatic N) is 2. The molecule has 1 heterocycles. The molecule has 0 saturated carbocycles. The van der Waals surface area contributed by atoms with Gasteiger partial charge >= 0.3 is 12.2 Å². The van der Waals surface area contributed by atoms with Gasteiger partial charge in [0.1, 0.15) is 5.82 Å². The molecule has 0 aliphatic rings. The highest BCUT2D eigenvalue weighted by Gasteiger charge is 2.39. The maximum absolute atomic E-state index is 13.1. The predicted molar refractivity (Wildman–Crippen MR) is 85.0 cm³/mol. The summed E-state index contributed by atoms with van der Waals surface area (Å²) in [6.45, 7) is -0.892. The monoisotopic (exact) mass is 377 g/mol. The summed E-state index contributed by atoms with van der Waals surface area (Å²) >= 11 is 1.13. The van der Waals surface area contributed by atoms with Gasteiger partial charge in [0, 0.05) is 24.5 Å². The summed E-state index contributed by atoms with van der Waals surface area (Å²) in [5.41, 5.74) is 0.729. The number of aliphatic hydroxyl groups excluding tert-OH is 1. The van der Waals surface area contributed by atoms with Crippen molar-refractivity contribution in [3.05, 3.63) is 46.7 Å². The second-order valence-corrected chi connectivity index (χ2v) is 6.42. The van der Waals surface area contributed by atoms with E-state index in [2.05, 4.69) is 10.3 Å². The number of rotatable bonds is 5. The highest BCUT2D eigenvalue weighted by Crippen LogP contribution is 2.23. The van der Waals surface area contributed by atoms with E-state index < -0.39 is 24.9 Å². The first-order chi connectivity index (χ1) is 11.6. The minimum Gasteiger partial charge on any atom is -0.382 e. The van der Waals surface area contributed by atoms with Crippen molar-refractivity contribution in [2.24, 2.45) is 0 Å². The Labute approximate surface area is 144 Å². The second kappa shape index (κ2) is 7.79. The fraction of sp³-hybridized carbons (Fsp3) is 0.333. The van der Waals surface area contributed by atoms with E-state index in [0.29, 0.717) is 11.3 Å². The van der Waals surface area contributed by atoms with E-state index in [-0.39, 0.29) is 10.9 Å². The number of alkyl halides is 3. The summed E-state index contributed by atoms with van der Waals surface area (Å²) in [6.07, 6.45) is -5.51. The van der Waals surface area contributed by atoms with Gasteiger partial charge < -0.3 is 10.0 Å². The molecular weight excluding hydrogens is 362 g/mol. The van der Waals surface area contributed by atoms with Gasteiger partial charge in [-0.15, -0.1) is 11.3 Å². The molecule has 136 valence electrons. The maximum atomic E-state index is 13.1. The van der Waals surface area contributed by atoms with Crippen LogP contribution < -0.4 is 5.32 Å². The summed E-state index contributed by atoms with van der Waals surface area (Å²) in [7, 11) is 1.13. The third-order valence-electron chi connectivity index (χ3n) is 3.21. The minimum absolute atomic E-state index is 0.199. The zero-order valence-corrected chi connectivity index (χ0v) is 13.9. The summed E-state index contributed by atoms with van der Waals surface area (Å²) < 4.78 is 50.0. The molecule has 1 aromatic carbocycles. The van der Waals surface area contributed by atoms with Crippen LogP contribution in [0, 0.1) is 5.82 Å². The van der Waals surface area contributed by atoms with Crippen molar-refractivity contribution in [3.8, 4) is 0 Å². The zero-order chi connectivity index (χ0) is 18.6. The Kier molecular flexibility index (Phi) is 5.96. The zero-order valence-electron chi connectivity index (χ0n) is 13.0. The lowest BCUT2D eigenvalue weighted by molar-refractivity contribution is -0.205. The number of aliphatic hydroxyl groups is 1. The summed E-state index contributed by atoms with van der Waals surface area (Å²) in [4.78, 5) is 17.3. The molecule has 2 rings (SSSR count). The van der Waals surface area contributed by atoms with Gasteiger partial charge in [-0.25, -0.2) is 14.2 Å². The molecule has 0 radical (unpaired) electrons. The summed E-state index contributed by atoms with van der Waals surface area (Å²) in [5, 5.41) is 11.5. The van der Waals surface area contributed by atoms with Crippen LogP contribution in [0.4, 0.5) is 27.5 Å². The number of benzene rings is 1. The SMILES string of the molecule is CN(C[C@H](O)C(F)(F)F)C(=O)Nc1ncc(Cc2cccc(F)c2)s1. The number of nitrogens with one attached hydrogen (secondary N) is 1. The number of amides is 2. The molecule has 2 aromatic rings. The van der Waals surface area contributed by atoms with Gasteiger partial charge in [-0.2, -0.15) is 13.2 Å². The van der Waals surface area contributed by atoms with Crippen LogP contribution in [0.3, 0.4) is 0 Å². The number of aromatic nitrogens is 1. The van der Waals surface area contributed by atoms with Crippen molar-refractivity contribution in [3.63, 3.8) is 0 Å². The molecule has 0 unspecified atom stereocenters. The lowest BCUT2D eigenvalue weighted by atomic mass is 10.1. The molecule has 2 amide bonds. The molecular formula is C15H15F4N3O2S. The fourth-order valence-corrected chi connectivity index (χ4v) is 2.76. The van der Waals surface area contributed by atoms with Crippen molar-refractivity contribution >= 4 is 22.5 Å². The molecule has 0 saturated heterocycles. The van der Waals surface area contributed by atoms with Gasteiger partial charge in [0.05, 0.1) is 6.54 Å². The van der Waals surface area contributed by atoms with Crippen molar-refractivity contribution < 1.29 is 27.5 Å². The number of hydrogen-bond acceptors (Lipinski definition) is 4. The first-order valence-corrected chi connectivity index (χ1v) is 7.93. The van der Waals surface area contributed by atoms with E-state index in [4.69, 9.17) is 5.11 Å². The second-order valence-electron chi connectivity index (χ2n) is 5.31. The van der Waals surface area contributed by atoms with Crippen LogP contribution in [0.15, 0.2) is 30.5 Å². The topological polar surface area (TPSA) is 65.5 Å². The van der Waals surface area contributed by atoms with Crippen LogP contribution in [0.1, 0.15) is 10.4 Å². The van der Waals surface area contributed by atoms with Crippen LogP contribution in [-0.4, -0.2) is 46.9 Å². The van der Waals surface area contributed by atoms with Crippen LogP contribution >= 0.6 is 11.3 Å². The number of thiazole rings is 1. The number of urea groups is 1. The van der Waals surface area contributed by atoms with Crippen LogP contribution in [-0.2, 0) is 6.42 Å². The number of carbonyl (C=O) groups excluding carboxylic acids is 1. The molecule has 2 N–H and O–H groups in total. The maximum Gasteiger partial charge on any atom is 0.416 e. The Hall–Kier alpha value is -2.20. The standard InChI is InChI=1S/C15H15F4N3O2S/c1-22(8-12(23)15(17,18)19)14(24)21-13-20-7-11(25-13)6-9-3-2-4-10(16)5-9/h2-5,7,12,23H,6,8H2,1H3,(H,20,21,24)/t12-/m0/s1. The average molecular weight is 377 g/mol. The Morgan fingerprint density at radius 2 is 2.16 bits per heavy atom. The van der Waals surface area contributed by atoms with Gasteiger partial charge in [-0.05, 0) is 17.7 Å². The Bertz CT molecular complexity index is 736. The Morgan fingerprint density at radius 3 is 2.80 bits per heavy atom. The summed E-state index contributed by atoms with van der Waals surface area (Å²) in [6, 6.07) is 5.20. The quantitative estimate of drug-likeness (QED) is 0.786. The molecule has 10 heteroatoms. The lowest BCUT2D eigenvalue weighted by Gasteiger charge is -2.22. The molecule has 0 aliphatic carbocycles. The molecule has 0 fully saturated rings. The molecule has 5 nitrogen and oxygen atoms in total. The Balaban J connectivity index is 1.93. The van der Waals surface area contributed by atoms with Gasteiger partial charge in [-0.3, -0.25) is 5.32 Å². The minimum atomic E-state index is -4.80. The van der Waals surface area contributed by atoms with Crippen molar-refractivity contribution in [2.45, 2.75) is 18.7 Å². The van der Waals surface area contributed by atoms with Crippen LogP contribution in [0.25, 0.3) is 0 Å². The third kappa shape index (κ3) is 5.68. The van der Waals surface area contributed by atoms with Gasteiger partial charge in [0.2, 0.25) is 0 Å². The van der Waals surface area contributed by atoms with Crippen molar-refractivity contribution in [1.82, 2.24) is 9.88 Å². The summed E-state index contributed by atoms with van der Waals surface area (Å²) in [5.74, 6) is -0.361. The van der Waals surface area contributed by atoms with Gasteiger partial charge in [0.15, 0.2) is 11.2 Å². The molecule has 25 heavy (non-hydrogen) atoms. The number of carbonyl (C=O) groups is 1. The molecule has 1 aromatic heterocycles. The highest BCUT2D eigenvalue weighted by molar-refractivity contribution is 7.15. The fourth-order valence-electron chi connectivity index (χ4n) is 1.93. The smallest absolute Gasteiger partial charge is 0.382 e. The van der Waals surface area contributed by atoms with Crippen LogP contribution in [0.5, 0.6) is 0 Å². The first kappa shape index (κ1) is 19.1. The van der Waals surface area contributed by atoms with E-state index in [1.807, 2.05) is 0 Å². The number of halogens is 4. The lowest BCUT2D eigenvalue weighted by Crippen LogP contribution is -2.43. The van der Waals surface area contributed by atoms with Crippen LogP contribution in [0.2, 0.25) is 0 Å². The van der Waals surface area contributed by atoms with Crippen molar-refractivity contribution in [1.29, 1.82) is 0 Å². The van der Waals surface area contributed by atoms with Gasteiger partial charge in [-0.1, -0.05) is 12.1 Å². The van der Waals surface area contributed by atoms with E-state index >= 15 is 0 Å². The molecule has 0 spiro atoms. The number of hydrogen-bond donors (Lipinski definition) is 2. The number of likely N-dealkylation sites (N-methyl/N-ethyl adjacent to an activating group) is 1. The molecule has 0 aliphatic heterocycles. The average Bonchev–Trinajstić information content (AvgIpc) is 2.93. The van der Waals surface area contributed by atoms with E-state index in [1.165, 1.54) is 18.3 Å². The normalized spacial score (nSPS) is 12.7. The van der Waals surface area contributed by atoms with E-state index in [9.17, 15) is 22.4 Å². The predicted octanol–water partition coefficient (Wildman–Crippen LogP) is 3.26. The molecule has 0 bridgehead atoms. The van der Waals surface area contributed by atoms with E-state index in [1.54, 1.807) is 12.1 Å². The third-order valence-corrected chi connectivity index (χ3v) is 4.12. The number of anilines is 1.